The molecule has 1 aromatic carbocycles. The molecule has 0 amide bonds. The van der Waals surface area contributed by atoms with E-state index in [1.54, 1.807) is 18.3 Å². The topological polar surface area (TPSA) is 51.4 Å². The summed E-state index contributed by atoms with van der Waals surface area (Å²) < 4.78 is 20.6. The second kappa shape index (κ2) is 4.93. The third kappa shape index (κ3) is 2.04. The first-order chi connectivity index (χ1) is 11.6. The number of piperidine rings is 3. The molecule has 5 heteroatoms. The molecule has 0 radical (unpaired) electrons. The molecule has 4 aliphatic rings. The summed E-state index contributed by atoms with van der Waals surface area (Å²) in [4.78, 5) is 6.99. The van der Waals surface area contributed by atoms with Crippen molar-refractivity contribution in [3.05, 3.63) is 41.8 Å². The van der Waals surface area contributed by atoms with Crippen LogP contribution in [0.15, 0.2) is 30.5 Å². The summed E-state index contributed by atoms with van der Waals surface area (Å²) in [6.45, 7) is 3.35. The predicted octanol–water partition coefficient (Wildman–Crippen LogP) is 2.87. The van der Waals surface area contributed by atoms with Crippen LogP contribution in [0.5, 0.6) is 5.88 Å². The molecule has 4 aliphatic heterocycles. The first-order valence-electron chi connectivity index (χ1n) is 8.59. The average Bonchev–Trinajstić information content (AvgIpc) is 2.92. The van der Waals surface area contributed by atoms with E-state index in [2.05, 4.69) is 9.88 Å². The average molecular weight is 325 g/mol. The van der Waals surface area contributed by atoms with E-state index in [1.165, 1.54) is 32.0 Å². The first-order valence-corrected chi connectivity index (χ1v) is 8.59. The second-order valence-electron chi connectivity index (χ2n) is 7.32. The minimum Gasteiger partial charge on any atom is -0.469 e. The van der Waals surface area contributed by atoms with Gasteiger partial charge in [-0.25, -0.2) is 9.37 Å². The van der Waals surface area contributed by atoms with E-state index in [0.717, 1.165) is 30.0 Å². The Hall–Kier alpha value is -2.14. The van der Waals surface area contributed by atoms with Gasteiger partial charge < -0.3 is 10.5 Å². The van der Waals surface area contributed by atoms with Crippen LogP contribution in [-0.2, 0) is 6.42 Å². The van der Waals surface area contributed by atoms with Gasteiger partial charge >= 0.3 is 0 Å². The Morgan fingerprint density at radius 2 is 2.08 bits per heavy atom. The van der Waals surface area contributed by atoms with E-state index in [4.69, 9.17) is 10.5 Å². The Morgan fingerprint density at radius 1 is 1.25 bits per heavy atom. The molecule has 1 spiro atoms. The van der Waals surface area contributed by atoms with Gasteiger partial charge in [0.25, 0.3) is 0 Å². The van der Waals surface area contributed by atoms with Crippen molar-refractivity contribution in [2.45, 2.75) is 24.9 Å². The number of benzene rings is 1. The van der Waals surface area contributed by atoms with E-state index >= 15 is 0 Å². The van der Waals surface area contributed by atoms with Gasteiger partial charge in [0.05, 0.1) is 0 Å². The Kier molecular flexibility index (Phi) is 2.92. The lowest BCUT2D eigenvalue weighted by atomic mass is 9.73. The molecule has 3 fully saturated rings. The normalized spacial score (nSPS) is 30.4. The molecule has 0 unspecified atom stereocenters. The SMILES string of the molecule is Nc1ccc(-c2cnc3c(c2)C[C@@]2(CN4CCC2CC4)O3)c(F)c1. The highest BCUT2D eigenvalue weighted by molar-refractivity contribution is 5.67. The fourth-order valence-electron chi connectivity index (χ4n) is 4.62. The predicted molar refractivity (Wildman–Crippen MR) is 90.3 cm³/mol. The van der Waals surface area contributed by atoms with Crippen molar-refractivity contribution < 1.29 is 9.13 Å². The molecule has 0 aliphatic carbocycles. The van der Waals surface area contributed by atoms with Gasteiger partial charge in [-0.1, -0.05) is 0 Å². The Labute approximate surface area is 140 Å². The van der Waals surface area contributed by atoms with Crippen molar-refractivity contribution in [1.29, 1.82) is 0 Å². The summed E-state index contributed by atoms with van der Waals surface area (Å²) in [5, 5.41) is 0. The molecule has 2 N–H and O–H groups in total. The fourth-order valence-corrected chi connectivity index (χ4v) is 4.62. The van der Waals surface area contributed by atoms with Crippen LogP contribution in [0, 0.1) is 11.7 Å². The van der Waals surface area contributed by atoms with Crippen molar-refractivity contribution in [2.24, 2.45) is 5.92 Å². The maximum Gasteiger partial charge on any atom is 0.217 e. The number of halogens is 1. The monoisotopic (exact) mass is 325 g/mol. The lowest BCUT2D eigenvalue weighted by molar-refractivity contribution is -0.0814. The number of pyridine rings is 1. The van der Waals surface area contributed by atoms with Crippen LogP contribution in [0.3, 0.4) is 0 Å². The van der Waals surface area contributed by atoms with Gasteiger partial charge in [-0.3, -0.25) is 4.90 Å². The zero-order chi connectivity index (χ0) is 16.3. The van der Waals surface area contributed by atoms with Crippen LogP contribution in [0.1, 0.15) is 18.4 Å². The second-order valence-corrected chi connectivity index (χ2v) is 7.32. The molecule has 4 nitrogen and oxygen atoms in total. The van der Waals surface area contributed by atoms with Crippen LogP contribution in [-0.4, -0.2) is 35.1 Å². The highest BCUT2D eigenvalue weighted by Crippen LogP contribution is 2.46. The van der Waals surface area contributed by atoms with Gasteiger partial charge in [0.15, 0.2) is 0 Å². The molecule has 6 rings (SSSR count). The fraction of sp³-hybridized carbons (Fsp3) is 0.421. The van der Waals surface area contributed by atoms with Crippen LogP contribution in [0.25, 0.3) is 11.1 Å². The number of fused-ring (bicyclic) bond motifs is 3. The molecule has 2 bridgehead atoms. The van der Waals surface area contributed by atoms with Gasteiger partial charge in [0.2, 0.25) is 5.88 Å². The summed E-state index contributed by atoms with van der Waals surface area (Å²) >= 11 is 0. The molecule has 0 saturated carbocycles. The van der Waals surface area contributed by atoms with Gasteiger partial charge in [0, 0.05) is 47.5 Å². The van der Waals surface area contributed by atoms with E-state index in [9.17, 15) is 4.39 Å². The number of hydrogen-bond donors (Lipinski definition) is 1. The van der Waals surface area contributed by atoms with Gasteiger partial charge in [-0.05, 0) is 50.2 Å². The molecule has 24 heavy (non-hydrogen) atoms. The number of nitrogens with two attached hydrogens (primary N) is 1. The van der Waals surface area contributed by atoms with Gasteiger partial charge in [-0.15, -0.1) is 0 Å². The third-order valence-electron chi connectivity index (χ3n) is 5.84. The lowest BCUT2D eigenvalue weighted by Gasteiger charge is -2.50. The number of anilines is 1. The molecule has 2 aromatic rings. The molecule has 124 valence electrons. The number of nitrogen functional groups attached to an aromatic ring is 1. The Balaban J connectivity index is 1.50. The highest BCUT2D eigenvalue weighted by Gasteiger charge is 2.52. The van der Waals surface area contributed by atoms with Crippen molar-refractivity contribution in [3.63, 3.8) is 0 Å². The highest BCUT2D eigenvalue weighted by atomic mass is 19.1. The smallest absolute Gasteiger partial charge is 0.217 e. The van der Waals surface area contributed by atoms with Gasteiger partial charge in [-0.2, -0.15) is 0 Å². The van der Waals surface area contributed by atoms with Crippen LogP contribution in [0.4, 0.5) is 10.1 Å². The number of rotatable bonds is 1. The summed E-state index contributed by atoms with van der Waals surface area (Å²) in [6.07, 6.45) is 4.98. The summed E-state index contributed by atoms with van der Waals surface area (Å²) in [5.41, 5.74) is 8.37. The standard InChI is InChI=1S/C19H20FN3O/c20-17-8-15(21)1-2-16(17)13-7-12-9-19(24-18(12)22-10-13)11-23-5-3-14(19)4-6-23/h1-2,7-8,10,14H,3-6,9,11,21H2/t19-/m0/s1. The summed E-state index contributed by atoms with van der Waals surface area (Å²) in [5.74, 6) is 1.02. The number of ether oxygens (including phenoxy) is 1. The molecule has 1 atom stereocenters. The molecule has 3 saturated heterocycles. The minimum absolute atomic E-state index is 0.121. The van der Waals surface area contributed by atoms with Crippen LogP contribution < -0.4 is 10.5 Å². The maximum atomic E-state index is 14.2. The first kappa shape index (κ1) is 14.2. The lowest BCUT2D eigenvalue weighted by Crippen LogP contribution is -2.61. The summed E-state index contributed by atoms with van der Waals surface area (Å²) in [6, 6.07) is 6.82. The van der Waals surface area contributed by atoms with E-state index < -0.39 is 0 Å². The summed E-state index contributed by atoms with van der Waals surface area (Å²) in [7, 11) is 0. The number of aromatic nitrogens is 1. The van der Waals surface area contributed by atoms with Gasteiger partial charge in [0.1, 0.15) is 11.4 Å². The van der Waals surface area contributed by atoms with Crippen molar-refractivity contribution in [3.8, 4) is 17.0 Å². The zero-order valence-corrected chi connectivity index (χ0v) is 13.5. The number of hydrogen-bond acceptors (Lipinski definition) is 4. The Bertz CT molecular complexity index is 816. The van der Waals surface area contributed by atoms with Crippen molar-refractivity contribution in [2.75, 3.05) is 25.4 Å². The third-order valence-corrected chi connectivity index (χ3v) is 5.84. The quantitative estimate of drug-likeness (QED) is 0.819. The largest absolute Gasteiger partial charge is 0.469 e. The van der Waals surface area contributed by atoms with Crippen LogP contribution >= 0.6 is 0 Å². The molecule has 5 heterocycles. The number of nitrogens with zero attached hydrogens (tertiary/aromatic N) is 2. The van der Waals surface area contributed by atoms with E-state index in [-0.39, 0.29) is 11.4 Å². The molecular formula is C19H20FN3O. The Morgan fingerprint density at radius 3 is 2.79 bits per heavy atom. The zero-order valence-electron chi connectivity index (χ0n) is 13.5. The van der Waals surface area contributed by atoms with Crippen LogP contribution in [0.2, 0.25) is 0 Å². The molecule has 1 aromatic heterocycles. The van der Waals surface area contributed by atoms with Crippen molar-refractivity contribution >= 4 is 5.69 Å². The van der Waals surface area contributed by atoms with E-state index in [0.29, 0.717) is 17.2 Å². The maximum absolute atomic E-state index is 14.2. The minimum atomic E-state index is -0.312. The van der Waals surface area contributed by atoms with E-state index in [1.807, 2.05) is 6.07 Å². The van der Waals surface area contributed by atoms with Crippen molar-refractivity contribution in [1.82, 2.24) is 9.88 Å². The molecular weight excluding hydrogens is 305 g/mol.